The summed E-state index contributed by atoms with van der Waals surface area (Å²) >= 11 is 0. The molecule has 132 heavy (non-hydrogen) atoms. The Morgan fingerprint density at radius 3 is 1.80 bits per heavy atom. The summed E-state index contributed by atoms with van der Waals surface area (Å²) in [6.45, 7) is 20.8. The fraction of sp³-hybridized carbons (Fsp3) is 0.588. The van der Waals surface area contributed by atoms with Gasteiger partial charge in [-0.1, -0.05) is 152 Å². The number of aromatic nitrogens is 3. The molecule has 1 aromatic heterocycles. The number of ether oxygens (including phenoxy) is 8. The summed E-state index contributed by atoms with van der Waals surface area (Å²) in [7, 11) is 0. The second-order valence-electron chi connectivity index (χ2n) is 37.3. The number of alkyl carbamates (subject to hydrolysis) is 1. The number of rotatable bonds is 55. The van der Waals surface area contributed by atoms with Gasteiger partial charge in [0, 0.05) is 85.4 Å². The van der Waals surface area contributed by atoms with Gasteiger partial charge in [-0.05, 0) is 194 Å². The number of phenols is 1. The molecule has 0 radical (unpaired) electrons. The lowest BCUT2D eigenvalue weighted by atomic mass is 9.47. The predicted octanol–water partition coefficient (Wildman–Crippen LogP) is 13.0. The molecule has 0 saturated heterocycles. The van der Waals surface area contributed by atoms with Crippen LogP contribution in [0.3, 0.4) is 0 Å². The standard InChI is InChI=1S/C102H141N11O19/c1-8-9-48-125-52-56-129-59-55-128-51-47-113-95-78-21-11-10-19-75(78)67-112(83-24-13-12-22-79(83)94(95)110-111-113)92(121)38-37-90(119)105-46-50-127-54-58-131-61-60-130-57-53-126-49-39-91(120)109-93(69(2)3)85(116)64-74(20-16-45-106-97(104)123)96(122)107-76-32-26-70(27-33-76)68-132-98(124)108-82(23-14-15-44-103)84(115)63-71-25-28-72-30-35-86-99(4,80(72)62-71)40-17-42-101(86,6)88(117)66-89(118)102(7)43-18-41-100(5)81-65-77(114)34-29-73(81)31-36-87(100)102/h10-13,19,21-22,24-29,32-34,62,65,69,74,82,86-87,93,114H,8-9,14-18,20,23,30-31,35-61,63-64,66-68,103H2,1-7H3,(H,105,119)(H,107,122)(H,108,124)(H,109,120)(H3,104,106,123)/t74-,82+,86-,87-,93+,99-,100-,101+,102+/m1/s1. The van der Waals surface area contributed by atoms with E-state index in [0.717, 1.165) is 116 Å². The Morgan fingerprint density at radius 2 is 1.16 bits per heavy atom. The van der Waals surface area contributed by atoms with Crippen LogP contribution in [0.4, 0.5) is 21.0 Å². The number of ketones is 4. The van der Waals surface area contributed by atoms with Crippen LogP contribution < -0.4 is 43.0 Å². The van der Waals surface area contributed by atoms with Crippen LogP contribution in [-0.4, -0.2) is 203 Å². The van der Waals surface area contributed by atoms with Crippen LogP contribution in [0.2, 0.25) is 0 Å². The molecule has 5 aromatic carbocycles. The van der Waals surface area contributed by atoms with Crippen LogP contribution >= 0.6 is 0 Å². The summed E-state index contributed by atoms with van der Waals surface area (Å²) in [5.74, 6) is -2.77. The number of carbonyl (C=O) groups excluding carboxylic acids is 10. The summed E-state index contributed by atoms with van der Waals surface area (Å²) in [4.78, 5) is 140. The van der Waals surface area contributed by atoms with Gasteiger partial charge < -0.3 is 86.0 Å². The monoisotopic (exact) mass is 1820 g/mol. The highest BCUT2D eigenvalue weighted by Gasteiger charge is 2.58. The van der Waals surface area contributed by atoms with E-state index in [2.05, 4.69) is 83.6 Å². The van der Waals surface area contributed by atoms with Crippen molar-refractivity contribution in [2.75, 3.05) is 122 Å². The average Bonchev–Trinajstić information content (AvgIpc) is 0.837. The molecule has 30 heteroatoms. The maximum absolute atomic E-state index is 15.0. The zero-order valence-electron chi connectivity index (χ0n) is 78.5. The molecule has 2 saturated carbocycles. The van der Waals surface area contributed by atoms with Crippen molar-refractivity contribution in [1.29, 1.82) is 0 Å². The van der Waals surface area contributed by atoms with Crippen molar-refractivity contribution >= 4 is 70.3 Å². The number of phenolic OH excluding ortho intramolecular Hbond substituents is 1. The second kappa shape index (κ2) is 50.2. The molecular weight excluding hydrogens is 1680 g/mol. The van der Waals surface area contributed by atoms with Crippen molar-refractivity contribution in [3.8, 4) is 28.3 Å². The molecule has 2 heterocycles. The van der Waals surface area contributed by atoms with Crippen molar-refractivity contribution in [2.45, 2.75) is 239 Å². The molecule has 0 spiro atoms. The van der Waals surface area contributed by atoms with Gasteiger partial charge in [-0.3, -0.25) is 38.4 Å². The number of nitrogens with one attached hydrogen (secondary N) is 5. The molecule has 6 aromatic rings. The molecule has 0 unspecified atom stereocenters. The van der Waals surface area contributed by atoms with Crippen molar-refractivity contribution in [1.82, 2.24) is 36.3 Å². The van der Waals surface area contributed by atoms with E-state index in [1.165, 1.54) is 11.1 Å². The lowest BCUT2D eigenvalue weighted by Gasteiger charge is -2.56. The lowest BCUT2D eigenvalue weighted by Crippen LogP contribution is -2.55. The number of aryl methyl sites for hydroxylation is 2. The summed E-state index contributed by atoms with van der Waals surface area (Å²) < 4.78 is 47.3. The fourth-order valence-electron chi connectivity index (χ4n) is 20.6. The largest absolute Gasteiger partial charge is 0.508 e. The van der Waals surface area contributed by atoms with E-state index in [1.54, 1.807) is 49.1 Å². The number of fused-ring (bicyclic) bond motifs is 11. The summed E-state index contributed by atoms with van der Waals surface area (Å²) in [5.41, 5.74) is 20.4. The van der Waals surface area contributed by atoms with Gasteiger partial charge in [-0.15, -0.1) is 5.10 Å². The normalized spacial score (nSPS) is 20.1. The van der Waals surface area contributed by atoms with Crippen molar-refractivity contribution < 1.29 is 90.9 Å². The van der Waals surface area contributed by atoms with Gasteiger partial charge in [-0.25, -0.2) is 14.3 Å². The van der Waals surface area contributed by atoms with Crippen LogP contribution in [-0.2, 0) is 126 Å². The highest BCUT2D eigenvalue weighted by molar-refractivity contribution is 6.05. The molecule has 2 fully saturated rings. The number of primary amides is 1. The Balaban J connectivity index is 0.555. The molecular formula is C102H141N11O19. The predicted molar refractivity (Wildman–Crippen MR) is 502 cm³/mol. The summed E-state index contributed by atoms with van der Waals surface area (Å²) in [6, 6.07) is 31.5. The summed E-state index contributed by atoms with van der Waals surface area (Å²) in [6.07, 6.45) is 11.3. The molecule has 11 rings (SSSR count). The Morgan fingerprint density at radius 1 is 0.568 bits per heavy atom. The molecule has 9 atom stereocenters. The van der Waals surface area contributed by atoms with Gasteiger partial charge in [0.2, 0.25) is 23.6 Å². The first-order valence-electron chi connectivity index (χ1n) is 47.8. The second-order valence-corrected chi connectivity index (χ2v) is 37.3. The number of hydrogen-bond acceptors (Lipinski definition) is 22. The van der Waals surface area contributed by atoms with Crippen LogP contribution in [0.25, 0.3) is 22.5 Å². The third-order valence-electron chi connectivity index (χ3n) is 27.8. The van der Waals surface area contributed by atoms with Crippen molar-refractivity contribution in [3.05, 3.63) is 148 Å². The minimum Gasteiger partial charge on any atom is -0.508 e. The van der Waals surface area contributed by atoms with Gasteiger partial charge in [0.05, 0.1) is 129 Å². The topological polar surface area (TPSA) is 411 Å². The van der Waals surface area contributed by atoms with E-state index in [4.69, 9.17) is 49.4 Å². The Hall–Kier alpha value is -10.2. The number of nitrogens with two attached hydrogens (primary N) is 2. The first kappa shape index (κ1) is 102. The lowest BCUT2D eigenvalue weighted by molar-refractivity contribution is -0.146. The first-order valence-corrected chi connectivity index (χ1v) is 47.8. The van der Waals surface area contributed by atoms with E-state index in [0.29, 0.717) is 114 Å². The van der Waals surface area contributed by atoms with E-state index in [9.17, 15) is 48.3 Å². The number of Topliss-reactive ketones (excluding diaryl/α,β-unsaturated/α-hetero) is 4. The number of carbonyl (C=O) groups is 10. The molecule has 30 nitrogen and oxygen atoms in total. The number of para-hydroxylation sites is 1. The average molecular weight is 1830 g/mol. The maximum Gasteiger partial charge on any atom is 0.408 e. The van der Waals surface area contributed by atoms with Crippen molar-refractivity contribution in [2.24, 2.45) is 46.0 Å². The number of aromatic hydroxyl groups is 1. The van der Waals surface area contributed by atoms with Gasteiger partial charge in [-0.2, -0.15) is 0 Å². The Kier molecular flexibility index (Phi) is 38.9. The first-order chi connectivity index (χ1) is 63.7. The molecule has 718 valence electrons. The molecule has 1 aliphatic heterocycles. The van der Waals surface area contributed by atoms with Gasteiger partial charge in [0.25, 0.3) is 0 Å². The van der Waals surface area contributed by atoms with Crippen LogP contribution in [0.5, 0.6) is 5.75 Å². The van der Waals surface area contributed by atoms with Gasteiger partial charge in [0.1, 0.15) is 29.6 Å². The summed E-state index contributed by atoms with van der Waals surface area (Å²) in [5, 5.41) is 33.7. The molecule has 5 aliphatic rings. The van der Waals surface area contributed by atoms with Crippen molar-refractivity contribution in [3.63, 3.8) is 0 Å². The SMILES string of the molecule is CCCCOCCOCCOCCn1nnc2c1-c1ccccc1CN(C(=O)CCC(=O)NCCOCCOCCOCCOCCC(=O)N[C@H](C(=O)C[C@@H](CCCNC(N)=O)C(=O)Nc1ccc(COC(=O)N[C@@H](CCCCN)C(=O)Cc3ccc4c(c3)[C@@]3(C)CCC[C@](C)(C(=O)CC(=O)[C@@]5(C)CCC[C@]6(C)c7cc(O)ccc7CC[C@@H]56)[C@@H]3CC4)cc1)C(C)C)c1ccccc1-2. The van der Waals surface area contributed by atoms with E-state index in [1.807, 2.05) is 71.4 Å². The smallest absolute Gasteiger partial charge is 0.408 e. The highest BCUT2D eigenvalue weighted by Crippen LogP contribution is 2.61. The number of urea groups is 1. The molecule has 7 amide bonds. The van der Waals surface area contributed by atoms with E-state index < -0.39 is 52.8 Å². The third-order valence-corrected chi connectivity index (χ3v) is 27.8. The maximum atomic E-state index is 15.0. The minimum atomic E-state index is -0.920. The van der Waals surface area contributed by atoms with Gasteiger partial charge in [0.15, 0.2) is 11.6 Å². The number of amides is 7. The number of anilines is 2. The Labute approximate surface area is 777 Å². The quantitative estimate of drug-likeness (QED) is 0.0130. The van der Waals surface area contributed by atoms with Gasteiger partial charge >= 0.3 is 12.1 Å². The molecule has 0 bridgehead atoms. The Bertz CT molecular complexity index is 4870. The van der Waals surface area contributed by atoms with E-state index >= 15 is 4.79 Å². The number of unbranched alkanes of at least 4 members (excludes halogenated alkanes) is 2. The highest BCUT2D eigenvalue weighted by atomic mass is 16.6. The number of benzene rings is 5. The zero-order chi connectivity index (χ0) is 94.2. The van der Waals surface area contributed by atoms with Crippen LogP contribution in [0.1, 0.15) is 216 Å². The number of nitrogens with zero attached hydrogens (tertiary/aromatic N) is 4. The van der Waals surface area contributed by atoms with E-state index in [-0.39, 0.29) is 180 Å². The fourth-order valence-corrected chi connectivity index (χ4v) is 20.6. The number of hydrogen-bond donors (Lipinski definition) is 8. The molecule has 4 aliphatic carbocycles. The molecule has 10 N–H and O–H groups in total. The van der Waals surface area contributed by atoms with Crippen LogP contribution in [0.15, 0.2) is 109 Å². The minimum absolute atomic E-state index is 0.0150. The third kappa shape index (κ3) is 27.5. The van der Waals surface area contributed by atoms with Crippen LogP contribution in [0, 0.1) is 34.5 Å². The zero-order valence-corrected chi connectivity index (χ0v) is 78.5.